The van der Waals surface area contributed by atoms with E-state index in [0.717, 1.165) is 11.0 Å². The maximum Gasteiger partial charge on any atom is 0.221 e. The van der Waals surface area contributed by atoms with Crippen LogP contribution in [0.4, 0.5) is 5.69 Å². The Morgan fingerprint density at radius 1 is 1.25 bits per heavy atom. The number of hydrogen-bond acceptors (Lipinski definition) is 3. The van der Waals surface area contributed by atoms with Crippen molar-refractivity contribution in [1.29, 1.82) is 0 Å². The van der Waals surface area contributed by atoms with Crippen molar-refractivity contribution in [3.63, 3.8) is 0 Å². The number of aromatic nitrogens is 4. The van der Waals surface area contributed by atoms with Crippen molar-refractivity contribution >= 4 is 22.6 Å². The average Bonchev–Trinajstić information content (AvgIpc) is 2.95. The minimum absolute atomic E-state index is 0.143. The highest BCUT2D eigenvalue weighted by Crippen LogP contribution is 2.26. The van der Waals surface area contributed by atoms with Gasteiger partial charge in [0.1, 0.15) is 0 Å². The van der Waals surface area contributed by atoms with Crippen molar-refractivity contribution in [2.75, 3.05) is 5.32 Å². The van der Waals surface area contributed by atoms with Gasteiger partial charge in [-0.25, -0.2) is 4.98 Å². The van der Waals surface area contributed by atoms with Gasteiger partial charge in [-0.1, -0.05) is 0 Å². The van der Waals surface area contributed by atoms with Gasteiger partial charge in [-0.15, -0.1) is 0 Å². The molecule has 0 saturated carbocycles. The molecular weight excluding hydrogens is 254 g/mol. The van der Waals surface area contributed by atoms with Gasteiger partial charge in [0.15, 0.2) is 11.5 Å². The summed E-state index contributed by atoms with van der Waals surface area (Å²) in [4.78, 5) is 18.9. The summed E-state index contributed by atoms with van der Waals surface area (Å²) in [5.41, 5.74) is 5.47. The van der Waals surface area contributed by atoms with E-state index < -0.39 is 0 Å². The third-order valence-electron chi connectivity index (χ3n) is 3.27. The SMILES string of the molecule is CC(=O)Nc1c[nH]nc1-c1nc2cc(C)c(C)cc2[nH]1. The van der Waals surface area contributed by atoms with Gasteiger partial charge in [-0.3, -0.25) is 9.89 Å². The Balaban J connectivity index is 2.11. The van der Waals surface area contributed by atoms with E-state index in [2.05, 4.69) is 45.4 Å². The molecule has 1 amide bonds. The number of H-pyrrole nitrogens is 2. The molecule has 20 heavy (non-hydrogen) atoms. The number of nitrogens with zero attached hydrogens (tertiary/aromatic N) is 2. The Kier molecular flexibility index (Phi) is 2.78. The fourth-order valence-corrected chi connectivity index (χ4v) is 2.14. The van der Waals surface area contributed by atoms with Crippen molar-refractivity contribution in [3.8, 4) is 11.5 Å². The molecule has 6 nitrogen and oxygen atoms in total. The molecule has 3 rings (SSSR count). The summed E-state index contributed by atoms with van der Waals surface area (Å²) in [5, 5.41) is 9.62. The number of fused-ring (bicyclic) bond motifs is 1. The van der Waals surface area contributed by atoms with Crippen LogP contribution in [0.5, 0.6) is 0 Å². The second kappa shape index (κ2) is 4.48. The number of anilines is 1. The Bertz CT molecular complexity index is 760. The highest BCUT2D eigenvalue weighted by atomic mass is 16.1. The highest BCUT2D eigenvalue weighted by molar-refractivity contribution is 5.93. The fraction of sp³-hybridized carbons (Fsp3) is 0.214. The van der Waals surface area contributed by atoms with Crippen molar-refractivity contribution in [2.45, 2.75) is 20.8 Å². The van der Waals surface area contributed by atoms with Crippen molar-refractivity contribution < 1.29 is 4.79 Å². The molecule has 3 aromatic rings. The topological polar surface area (TPSA) is 86.5 Å². The Morgan fingerprint density at radius 3 is 2.75 bits per heavy atom. The zero-order chi connectivity index (χ0) is 14.3. The van der Waals surface area contributed by atoms with Gasteiger partial charge < -0.3 is 10.3 Å². The zero-order valence-electron chi connectivity index (χ0n) is 11.5. The maximum atomic E-state index is 11.2. The van der Waals surface area contributed by atoms with E-state index in [1.54, 1.807) is 6.20 Å². The maximum absolute atomic E-state index is 11.2. The summed E-state index contributed by atoms with van der Waals surface area (Å²) in [6, 6.07) is 4.10. The molecule has 0 atom stereocenters. The molecule has 102 valence electrons. The first-order chi connectivity index (χ1) is 9.54. The quantitative estimate of drug-likeness (QED) is 0.668. The third-order valence-corrected chi connectivity index (χ3v) is 3.27. The first-order valence-electron chi connectivity index (χ1n) is 6.33. The molecule has 0 spiro atoms. The molecule has 0 fully saturated rings. The average molecular weight is 269 g/mol. The second-order valence-corrected chi connectivity index (χ2v) is 4.87. The number of rotatable bonds is 2. The van der Waals surface area contributed by atoms with Gasteiger partial charge in [0.05, 0.1) is 16.7 Å². The van der Waals surface area contributed by atoms with Crippen LogP contribution < -0.4 is 5.32 Å². The molecule has 0 unspecified atom stereocenters. The first kappa shape index (κ1) is 12.4. The second-order valence-electron chi connectivity index (χ2n) is 4.87. The smallest absolute Gasteiger partial charge is 0.221 e. The van der Waals surface area contributed by atoms with Gasteiger partial charge in [-0.05, 0) is 37.1 Å². The monoisotopic (exact) mass is 269 g/mol. The van der Waals surface area contributed by atoms with E-state index in [0.29, 0.717) is 17.2 Å². The Labute approximate surface area is 115 Å². The molecule has 2 aromatic heterocycles. The van der Waals surface area contributed by atoms with Crippen LogP contribution >= 0.6 is 0 Å². The molecule has 0 saturated heterocycles. The van der Waals surface area contributed by atoms with Gasteiger partial charge >= 0.3 is 0 Å². The fourth-order valence-electron chi connectivity index (χ4n) is 2.14. The molecule has 0 radical (unpaired) electrons. The molecular formula is C14H15N5O. The number of carbonyl (C=O) groups excluding carboxylic acids is 1. The minimum atomic E-state index is -0.143. The van der Waals surface area contributed by atoms with Crippen LogP contribution in [0.25, 0.3) is 22.6 Å². The molecule has 2 heterocycles. The summed E-state index contributed by atoms with van der Waals surface area (Å²) in [5.74, 6) is 0.491. The van der Waals surface area contributed by atoms with E-state index in [1.165, 1.54) is 18.1 Å². The summed E-state index contributed by atoms with van der Waals surface area (Å²) in [6.45, 7) is 5.58. The van der Waals surface area contributed by atoms with E-state index in [9.17, 15) is 4.79 Å². The van der Waals surface area contributed by atoms with E-state index in [4.69, 9.17) is 0 Å². The number of benzene rings is 1. The third kappa shape index (κ3) is 2.05. The molecule has 6 heteroatoms. The number of nitrogens with one attached hydrogen (secondary N) is 3. The highest BCUT2D eigenvalue weighted by Gasteiger charge is 2.14. The van der Waals surface area contributed by atoms with E-state index in [1.807, 2.05) is 6.07 Å². The standard InChI is InChI=1S/C14H15N5O/c1-7-4-10-11(5-8(7)2)18-14(17-10)13-12(6-15-19-13)16-9(3)20/h4-6H,1-3H3,(H,15,19)(H,16,20)(H,17,18). The number of amides is 1. The van der Waals surface area contributed by atoms with Crippen LogP contribution in [0.1, 0.15) is 18.1 Å². The first-order valence-corrected chi connectivity index (χ1v) is 6.33. The number of aromatic amines is 2. The van der Waals surface area contributed by atoms with Crippen LogP contribution in [-0.4, -0.2) is 26.1 Å². The van der Waals surface area contributed by atoms with Crippen LogP contribution in [0.2, 0.25) is 0 Å². The lowest BCUT2D eigenvalue weighted by atomic mass is 10.1. The number of aryl methyl sites for hydroxylation is 2. The van der Waals surface area contributed by atoms with Gasteiger partial charge in [0.2, 0.25) is 5.91 Å². The Morgan fingerprint density at radius 2 is 2.00 bits per heavy atom. The molecule has 0 aliphatic heterocycles. The number of imidazole rings is 1. The van der Waals surface area contributed by atoms with Crippen molar-refractivity contribution in [1.82, 2.24) is 20.2 Å². The molecule has 1 aromatic carbocycles. The van der Waals surface area contributed by atoms with Gasteiger partial charge in [0, 0.05) is 13.1 Å². The minimum Gasteiger partial charge on any atom is -0.337 e. The van der Waals surface area contributed by atoms with E-state index >= 15 is 0 Å². The van der Waals surface area contributed by atoms with Crippen molar-refractivity contribution in [2.24, 2.45) is 0 Å². The lowest BCUT2D eigenvalue weighted by molar-refractivity contribution is -0.114. The predicted octanol–water partition coefficient (Wildman–Crippen LogP) is 2.53. The van der Waals surface area contributed by atoms with Crippen LogP contribution in [0.15, 0.2) is 18.3 Å². The van der Waals surface area contributed by atoms with Crippen LogP contribution in [0.3, 0.4) is 0 Å². The summed E-state index contributed by atoms with van der Waals surface area (Å²) in [6.07, 6.45) is 1.64. The zero-order valence-corrected chi connectivity index (χ0v) is 11.5. The van der Waals surface area contributed by atoms with Crippen LogP contribution in [0, 0.1) is 13.8 Å². The number of hydrogen-bond donors (Lipinski definition) is 3. The van der Waals surface area contributed by atoms with Gasteiger partial charge in [0.25, 0.3) is 0 Å². The predicted molar refractivity (Wildman–Crippen MR) is 77.5 cm³/mol. The summed E-state index contributed by atoms with van der Waals surface area (Å²) >= 11 is 0. The molecule has 3 N–H and O–H groups in total. The van der Waals surface area contributed by atoms with E-state index in [-0.39, 0.29) is 5.91 Å². The largest absolute Gasteiger partial charge is 0.337 e. The molecule has 0 bridgehead atoms. The van der Waals surface area contributed by atoms with Gasteiger partial charge in [-0.2, -0.15) is 5.10 Å². The molecule has 0 aliphatic rings. The van der Waals surface area contributed by atoms with Crippen LogP contribution in [-0.2, 0) is 4.79 Å². The Hall–Kier alpha value is -2.63. The summed E-state index contributed by atoms with van der Waals surface area (Å²) in [7, 11) is 0. The lowest BCUT2D eigenvalue weighted by Gasteiger charge is -1.99. The summed E-state index contributed by atoms with van der Waals surface area (Å²) < 4.78 is 0. The molecule has 0 aliphatic carbocycles. The van der Waals surface area contributed by atoms with Crippen molar-refractivity contribution in [3.05, 3.63) is 29.5 Å². The normalized spacial score (nSPS) is 10.9. The number of carbonyl (C=O) groups is 1. The lowest BCUT2D eigenvalue weighted by Crippen LogP contribution is -2.06.